The number of hydrogen-bond donors (Lipinski definition) is 1. The number of carbonyl (C=O) groups is 2. The number of fused-ring (bicyclic) bond motifs is 1. The average Bonchev–Trinajstić information content (AvgIpc) is 3.35. The summed E-state index contributed by atoms with van der Waals surface area (Å²) in [5.41, 5.74) is 6.52. The van der Waals surface area contributed by atoms with Crippen LogP contribution in [-0.2, 0) is 14.8 Å². The molecular formula is C23H24ClN3O6S. The lowest BCUT2D eigenvalue weighted by atomic mass is 9.50. The predicted molar refractivity (Wildman–Crippen MR) is 123 cm³/mol. The van der Waals surface area contributed by atoms with Crippen LogP contribution in [0.15, 0.2) is 44.3 Å². The number of benzene rings is 1. The van der Waals surface area contributed by atoms with E-state index in [9.17, 15) is 18.0 Å². The zero-order valence-electron chi connectivity index (χ0n) is 18.7. The van der Waals surface area contributed by atoms with Crippen LogP contribution in [0.5, 0.6) is 0 Å². The maximum Gasteiger partial charge on any atom is 0.300 e. The first-order valence-corrected chi connectivity index (χ1v) is 12.8. The first-order chi connectivity index (χ1) is 16.0. The summed E-state index contributed by atoms with van der Waals surface area (Å²) in [4.78, 5) is 28.8. The van der Waals surface area contributed by atoms with Crippen LogP contribution >= 0.6 is 11.6 Å². The van der Waals surface area contributed by atoms with Crippen LogP contribution in [0.25, 0.3) is 11.1 Å². The molecule has 2 aliphatic rings. The SMILES string of the molecule is CC(C)C(=O)N(C1CC2(CC(c3nc4cc(Cl)ccc4o3)C2)C1)S(=O)(=O)c1ccc(C(N)=O)o1. The molecule has 0 radical (unpaired) electrons. The molecule has 2 saturated carbocycles. The maximum atomic E-state index is 13.3. The van der Waals surface area contributed by atoms with Gasteiger partial charge in [-0.3, -0.25) is 9.59 Å². The van der Waals surface area contributed by atoms with Crippen LogP contribution in [-0.4, -0.2) is 35.6 Å². The number of carbonyl (C=O) groups excluding carboxylic acids is 2. The molecule has 0 saturated heterocycles. The molecule has 34 heavy (non-hydrogen) atoms. The minimum Gasteiger partial charge on any atom is -0.440 e. The van der Waals surface area contributed by atoms with Crippen LogP contribution in [0.1, 0.15) is 61.9 Å². The standard InChI is InChI=1S/C23H24ClN3O6S/c1-12(2)22(29)27(34(30,31)19-6-5-18(32-19)20(25)28)15-10-23(11-15)8-13(9-23)21-26-16-7-14(24)3-4-17(16)33-21/h3-7,12-13,15H,8-11H2,1-2H3,(H2,25,28). The van der Waals surface area contributed by atoms with E-state index in [-0.39, 0.29) is 17.1 Å². The van der Waals surface area contributed by atoms with Crippen LogP contribution in [0.3, 0.4) is 0 Å². The Labute approximate surface area is 201 Å². The summed E-state index contributed by atoms with van der Waals surface area (Å²) in [5, 5.41) is 0.128. The second-order valence-electron chi connectivity index (χ2n) is 9.61. The van der Waals surface area contributed by atoms with Gasteiger partial charge >= 0.3 is 0 Å². The zero-order valence-corrected chi connectivity index (χ0v) is 20.2. The fraction of sp³-hybridized carbons (Fsp3) is 0.435. The van der Waals surface area contributed by atoms with Gasteiger partial charge in [-0.2, -0.15) is 8.42 Å². The van der Waals surface area contributed by atoms with Gasteiger partial charge in [-0.05, 0) is 61.4 Å². The van der Waals surface area contributed by atoms with Crippen LogP contribution < -0.4 is 5.73 Å². The second-order valence-corrected chi connectivity index (χ2v) is 11.8. The first-order valence-electron chi connectivity index (χ1n) is 11.0. The van der Waals surface area contributed by atoms with Crippen molar-refractivity contribution < 1.29 is 26.8 Å². The van der Waals surface area contributed by atoms with Gasteiger partial charge in [0.05, 0.1) is 0 Å². The molecule has 2 aromatic heterocycles. The van der Waals surface area contributed by atoms with Crippen molar-refractivity contribution in [3.63, 3.8) is 0 Å². The number of furan rings is 1. The molecule has 0 unspecified atom stereocenters. The predicted octanol–water partition coefficient (Wildman–Crippen LogP) is 4.07. The van der Waals surface area contributed by atoms with E-state index in [0.29, 0.717) is 34.9 Å². The Balaban J connectivity index is 1.32. The summed E-state index contributed by atoms with van der Waals surface area (Å²) in [6, 6.07) is 7.18. The van der Waals surface area contributed by atoms with Crippen molar-refractivity contribution in [2.24, 2.45) is 17.1 Å². The molecule has 2 aliphatic carbocycles. The lowest BCUT2D eigenvalue weighted by Crippen LogP contribution is -2.59. The van der Waals surface area contributed by atoms with Gasteiger partial charge in [-0.1, -0.05) is 25.4 Å². The van der Waals surface area contributed by atoms with Crippen molar-refractivity contribution in [3.8, 4) is 0 Å². The quantitative estimate of drug-likeness (QED) is 0.533. The molecule has 2 fully saturated rings. The largest absolute Gasteiger partial charge is 0.440 e. The fourth-order valence-electron chi connectivity index (χ4n) is 5.13. The molecule has 0 bridgehead atoms. The molecule has 5 rings (SSSR count). The van der Waals surface area contributed by atoms with Gasteiger partial charge in [-0.15, -0.1) is 0 Å². The first kappa shape index (κ1) is 22.9. The van der Waals surface area contributed by atoms with E-state index in [0.717, 1.165) is 23.2 Å². The number of sulfonamides is 1. The fourth-order valence-corrected chi connectivity index (χ4v) is 6.91. The topological polar surface area (TPSA) is 137 Å². The molecule has 2 amide bonds. The smallest absolute Gasteiger partial charge is 0.300 e. The highest BCUT2D eigenvalue weighted by atomic mass is 35.5. The summed E-state index contributed by atoms with van der Waals surface area (Å²) < 4.78 is 38.6. The van der Waals surface area contributed by atoms with Gasteiger partial charge in [0.1, 0.15) is 5.52 Å². The van der Waals surface area contributed by atoms with Gasteiger partial charge in [0.25, 0.3) is 15.9 Å². The molecule has 2 N–H and O–H groups in total. The molecule has 11 heteroatoms. The van der Waals surface area contributed by atoms with Gasteiger partial charge in [-0.25, -0.2) is 9.29 Å². The number of nitrogens with two attached hydrogens (primary N) is 1. The normalized spacial score (nSPS) is 24.2. The molecular weight excluding hydrogens is 482 g/mol. The number of primary amides is 1. The number of halogens is 1. The Morgan fingerprint density at radius 3 is 2.47 bits per heavy atom. The summed E-state index contributed by atoms with van der Waals surface area (Å²) >= 11 is 6.03. The third-order valence-electron chi connectivity index (χ3n) is 6.79. The number of nitrogens with zero attached hydrogens (tertiary/aromatic N) is 2. The van der Waals surface area contributed by atoms with E-state index >= 15 is 0 Å². The maximum absolute atomic E-state index is 13.3. The Morgan fingerprint density at radius 1 is 1.15 bits per heavy atom. The second kappa shape index (κ2) is 7.84. The van der Waals surface area contributed by atoms with Crippen molar-refractivity contribution >= 4 is 44.5 Å². The van der Waals surface area contributed by atoms with Crippen molar-refractivity contribution in [3.05, 3.63) is 47.0 Å². The van der Waals surface area contributed by atoms with E-state index in [1.165, 1.54) is 6.07 Å². The molecule has 1 aromatic carbocycles. The van der Waals surface area contributed by atoms with E-state index in [4.69, 9.17) is 26.2 Å². The van der Waals surface area contributed by atoms with Crippen LogP contribution in [0.4, 0.5) is 0 Å². The minimum absolute atomic E-state index is 0.0553. The van der Waals surface area contributed by atoms with Gasteiger partial charge in [0.2, 0.25) is 11.0 Å². The Bertz CT molecular complexity index is 1390. The number of hydrogen-bond acceptors (Lipinski definition) is 7. The summed E-state index contributed by atoms with van der Waals surface area (Å²) in [6.07, 6.45) is 2.72. The lowest BCUT2D eigenvalue weighted by molar-refractivity contribution is -0.137. The highest BCUT2D eigenvalue weighted by molar-refractivity contribution is 7.89. The van der Waals surface area contributed by atoms with Crippen molar-refractivity contribution in [2.75, 3.05) is 0 Å². The van der Waals surface area contributed by atoms with Crippen LogP contribution in [0.2, 0.25) is 5.02 Å². The minimum atomic E-state index is -4.27. The number of rotatable bonds is 6. The highest BCUT2D eigenvalue weighted by Crippen LogP contribution is 2.63. The monoisotopic (exact) mass is 505 g/mol. The van der Waals surface area contributed by atoms with E-state index in [2.05, 4.69) is 4.98 Å². The molecule has 2 heterocycles. The van der Waals surface area contributed by atoms with Crippen molar-refractivity contribution in [2.45, 2.75) is 56.6 Å². The van der Waals surface area contributed by atoms with Crippen molar-refractivity contribution in [1.29, 1.82) is 0 Å². The molecule has 0 atom stereocenters. The highest BCUT2D eigenvalue weighted by Gasteiger charge is 2.58. The zero-order chi connectivity index (χ0) is 24.4. The molecule has 3 aromatic rings. The van der Waals surface area contributed by atoms with E-state index in [1.54, 1.807) is 32.0 Å². The van der Waals surface area contributed by atoms with E-state index in [1.807, 2.05) is 0 Å². The Hall–Kier alpha value is -2.85. The summed E-state index contributed by atoms with van der Waals surface area (Å²) in [5.74, 6) is -1.40. The van der Waals surface area contributed by atoms with Gasteiger partial charge < -0.3 is 14.6 Å². The van der Waals surface area contributed by atoms with Crippen molar-refractivity contribution in [1.82, 2.24) is 9.29 Å². The molecule has 1 spiro atoms. The van der Waals surface area contributed by atoms with Crippen LogP contribution in [0, 0.1) is 11.3 Å². The number of oxazole rings is 1. The summed E-state index contributed by atoms with van der Waals surface area (Å²) in [7, 11) is -4.27. The Morgan fingerprint density at radius 2 is 1.85 bits per heavy atom. The Kier molecular flexibility index (Phi) is 5.29. The molecule has 180 valence electrons. The number of aromatic nitrogens is 1. The lowest BCUT2D eigenvalue weighted by Gasteiger charge is -2.58. The van der Waals surface area contributed by atoms with Gasteiger partial charge in [0.15, 0.2) is 17.2 Å². The molecule has 9 nitrogen and oxygen atoms in total. The average molecular weight is 506 g/mol. The van der Waals surface area contributed by atoms with E-state index < -0.39 is 38.9 Å². The third kappa shape index (κ3) is 3.69. The van der Waals surface area contributed by atoms with Gasteiger partial charge in [0, 0.05) is 22.9 Å². The number of amides is 2. The summed E-state index contributed by atoms with van der Waals surface area (Å²) in [6.45, 7) is 3.30. The third-order valence-corrected chi connectivity index (χ3v) is 8.75. The molecule has 0 aliphatic heterocycles.